The van der Waals surface area contributed by atoms with Crippen LogP contribution in [0.25, 0.3) is 11.1 Å². The van der Waals surface area contributed by atoms with Crippen LogP contribution >= 0.6 is 15.9 Å². The van der Waals surface area contributed by atoms with Crippen molar-refractivity contribution < 1.29 is 13.2 Å². The first-order chi connectivity index (χ1) is 11.0. The van der Waals surface area contributed by atoms with E-state index in [1.165, 1.54) is 22.8 Å². The van der Waals surface area contributed by atoms with Gasteiger partial charge in [0.15, 0.2) is 11.1 Å². The molecular formula is C18H16BrFO2S. The fourth-order valence-electron chi connectivity index (χ4n) is 3.02. The van der Waals surface area contributed by atoms with Gasteiger partial charge in [0.05, 0.1) is 5.75 Å². The molecule has 1 aliphatic rings. The van der Waals surface area contributed by atoms with Crippen molar-refractivity contribution in [3.8, 4) is 0 Å². The lowest BCUT2D eigenvalue weighted by Gasteiger charge is -2.10. The standard InChI is InChI=1S/C18H16BrFO2S/c19-15-8-6-12(7-9-15)16-2-1-3-17(16)13-4-5-14(11-23(21)22)18(20)10-13/h4-10H,1-3,11H2,(H,21,22). The second-order valence-corrected chi connectivity index (χ2v) is 7.44. The molecule has 0 radical (unpaired) electrons. The minimum Gasteiger partial charge on any atom is -0.306 e. The van der Waals surface area contributed by atoms with Crippen molar-refractivity contribution in [1.82, 2.24) is 0 Å². The van der Waals surface area contributed by atoms with Gasteiger partial charge in [0.1, 0.15) is 5.82 Å². The van der Waals surface area contributed by atoms with Gasteiger partial charge in [-0.2, -0.15) is 0 Å². The first-order valence-corrected chi connectivity index (χ1v) is 9.45. The van der Waals surface area contributed by atoms with Crippen molar-refractivity contribution in [2.24, 2.45) is 0 Å². The Balaban J connectivity index is 1.98. The van der Waals surface area contributed by atoms with E-state index in [0.717, 1.165) is 29.3 Å². The van der Waals surface area contributed by atoms with Gasteiger partial charge in [-0.15, -0.1) is 0 Å². The Bertz CT molecular complexity index is 784. The van der Waals surface area contributed by atoms with Gasteiger partial charge in [-0.25, -0.2) is 8.60 Å². The van der Waals surface area contributed by atoms with Crippen molar-refractivity contribution in [2.45, 2.75) is 25.0 Å². The molecule has 23 heavy (non-hydrogen) atoms. The molecule has 0 saturated carbocycles. The smallest absolute Gasteiger partial charge is 0.157 e. The van der Waals surface area contributed by atoms with Crippen LogP contribution in [-0.2, 0) is 16.8 Å². The van der Waals surface area contributed by atoms with Crippen molar-refractivity contribution in [3.05, 3.63) is 69.4 Å². The van der Waals surface area contributed by atoms with Gasteiger partial charge in [0.2, 0.25) is 0 Å². The van der Waals surface area contributed by atoms with Gasteiger partial charge in [-0.1, -0.05) is 40.2 Å². The van der Waals surface area contributed by atoms with Crippen LogP contribution < -0.4 is 0 Å². The Hall–Kier alpha value is -1.30. The fraction of sp³-hybridized carbons (Fsp3) is 0.222. The van der Waals surface area contributed by atoms with Gasteiger partial charge < -0.3 is 4.55 Å². The lowest BCUT2D eigenvalue weighted by molar-refractivity contribution is 0.559. The third-order valence-corrected chi connectivity index (χ3v) is 5.18. The fourth-order valence-corrected chi connectivity index (χ4v) is 3.78. The molecule has 0 fully saturated rings. The second-order valence-electron chi connectivity index (χ2n) is 5.59. The van der Waals surface area contributed by atoms with E-state index in [4.69, 9.17) is 4.55 Å². The summed E-state index contributed by atoms with van der Waals surface area (Å²) in [5.41, 5.74) is 4.74. The highest BCUT2D eigenvalue weighted by molar-refractivity contribution is 9.10. The summed E-state index contributed by atoms with van der Waals surface area (Å²) in [7, 11) is 0. The highest BCUT2D eigenvalue weighted by Crippen LogP contribution is 2.40. The molecule has 5 heteroatoms. The van der Waals surface area contributed by atoms with Crippen molar-refractivity contribution in [3.63, 3.8) is 0 Å². The third-order valence-electron chi connectivity index (χ3n) is 4.09. The molecule has 1 atom stereocenters. The zero-order valence-electron chi connectivity index (χ0n) is 12.4. The summed E-state index contributed by atoms with van der Waals surface area (Å²) in [4.78, 5) is 0. The Morgan fingerprint density at radius 1 is 1.04 bits per heavy atom. The second kappa shape index (κ2) is 7.07. The number of halogens is 2. The van der Waals surface area contributed by atoms with E-state index in [1.54, 1.807) is 6.07 Å². The highest BCUT2D eigenvalue weighted by Gasteiger charge is 2.19. The molecule has 1 N–H and O–H groups in total. The normalized spacial score (nSPS) is 16.0. The summed E-state index contributed by atoms with van der Waals surface area (Å²) in [6.45, 7) is 0. The molecule has 0 heterocycles. The van der Waals surface area contributed by atoms with E-state index in [1.807, 2.05) is 18.2 Å². The lowest BCUT2D eigenvalue weighted by atomic mass is 9.96. The molecule has 0 aromatic heterocycles. The van der Waals surface area contributed by atoms with Crippen LogP contribution in [0.5, 0.6) is 0 Å². The van der Waals surface area contributed by atoms with Gasteiger partial charge in [0, 0.05) is 10.0 Å². The third kappa shape index (κ3) is 3.79. The molecule has 1 aliphatic carbocycles. The largest absolute Gasteiger partial charge is 0.306 e. The molecule has 1 unspecified atom stereocenters. The van der Waals surface area contributed by atoms with E-state index >= 15 is 0 Å². The molecule has 0 bridgehead atoms. The average Bonchev–Trinajstić information content (AvgIpc) is 2.99. The van der Waals surface area contributed by atoms with Crippen molar-refractivity contribution in [1.29, 1.82) is 0 Å². The Labute approximate surface area is 145 Å². The highest BCUT2D eigenvalue weighted by atomic mass is 79.9. The lowest BCUT2D eigenvalue weighted by Crippen LogP contribution is -1.98. The first-order valence-electron chi connectivity index (χ1n) is 7.39. The molecule has 0 aliphatic heterocycles. The van der Waals surface area contributed by atoms with Gasteiger partial charge in [-0.05, 0) is 59.7 Å². The molecule has 0 spiro atoms. The summed E-state index contributed by atoms with van der Waals surface area (Å²) in [5, 5.41) is 0. The molecule has 2 aromatic rings. The summed E-state index contributed by atoms with van der Waals surface area (Å²) >= 11 is 1.41. The van der Waals surface area contributed by atoms with E-state index in [0.29, 0.717) is 0 Å². The molecule has 0 saturated heterocycles. The number of hydrogen-bond acceptors (Lipinski definition) is 1. The molecular weight excluding hydrogens is 379 g/mol. The van der Waals surface area contributed by atoms with Crippen LogP contribution in [0.3, 0.4) is 0 Å². The molecule has 120 valence electrons. The SMILES string of the molecule is O=S(O)Cc1ccc(C2=C(c3ccc(Br)cc3)CCC2)cc1F. The van der Waals surface area contributed by atoms with Crippen molar-refractivity contribution in [2.75, 3.05) is 0 Å². The van der Waals surface area contributed by atoms with Crippen LogP contribution in [0.2, 0.25) is 0 Å². The monoisotopic (exact) mass is 394 g/mol. The molecule has 2 nitrogen and oxygen atoms in total. The summed E-state index contributed by atoms with van der Waals surface area (Å²) < 4.78 is 35.0. The van der Waals surface area contributed by atoms with E-state index in [-0.39, 0.29) is 11.3 Å². The number of hydrogen-bond donors (Lipinski definition) is 1. The first kappa shape index (κ1) is 16.6. The van der Waals surface area contributed by atoms with E-state index in [2.05, 4.69) is 28.1 Å². The van der Waals surface area contributed by atoms with Gasteiger partial charge >= 0.3 is 0 Å². The Kier molecular flexibility index (Phi) is 5.09. The summed E-state index contributed by atoms with van der Waals surface area (Å²) in [5.74, 6) is -0.593. The zero-order chi connectivity index (χ0) is 16.4. The molecule has 3 rings (SSSR count). The van der Waals surface area contributed by atoms with Crippen LogP contribution in [0, 0.1) is 5.82 Å². The minimum absolute atomic E-state index is 0.176. The maximum atomic E-state index is 14.2. The maximum Gasteiger partial charge on any atom is 0.157 e. The van der Waals surface area contributed by atoms with Crippen LogP contribution in [0.15, 0.2) is 46.9 Å². The van der Waals surface area contributed by atoms with Gasteiger partial charge in [-0.3, -0.25) is 0 Å². The Morgan fingerprint density at radius 3 is 2.26 bits per heavy atom. The summed E-state index contributed by atoms with van der Waals surface area (Å²) in [6, 6.07) is 13.1. The number of allylic oxidation sites excluding steroid dienone is 2. The predicted molar refractivity (Wildman–Crippen MR) is 95.7 cm³/mol. The average molecular weight is 395 g/mol. The number of rotatable bonds is 4. The minimum atomic E-state index is -2.03. The Morgan fingerprint density at radius 2 is 1.65 bits per heavy atom. The van der Waals surface area contributed by atoms with E-state index < -0.39 is 16.9 Å². The van der Waals surface area contributed by atoms with Crippen molar-refractivity contribution >= 4 is 38.2 Å². The summed E-state index contributed by atoms with van der Waals surface area (Å²) in [6.07, 6.45) is 2.97. The predicted octanol–water partition coefficient (Wildman–Crippen LogP) is 5.40. The topological polar surface area (TPSA) is 37.3 Å². The number of benzene rings is 2. The van der Waals surface area contributed by atoms with Crippen LogP contribution in [0.1, 0.15) is 36.0 Å². The maximum absolute atomic E-state index is 14.2. The molecule has 0 amide bonds. The quantitative estimate of drug-likeness (QED) is 0.704. The van der Waals surface area contributed by atoms with Gasteiger partial charge in [0.25, 0.3) is 0 Å². The van der Waals surface area contributed by atoms with E-state index in [9.17, 15) is 8.60 Å². The molecule has 2 aromatic carbocycles. The van der Waals surface area contributed by atoms with Crippen LogP contribution in [0.4, 0.5) is 4.39 Å². The zero-order valence-corrected chi connectivity index (χ0v) is 14.8. The van der Waals surface area contributed by atoms with Crippen LogP contribution in [-0.4, -0.2) is 8.76 Å².